The van der Waals surface area contributed by atoms with Crippen LogP contribution < -0.4 is 9.64 Å². The van der Waals surface area contributed by atoms with Gasteiger partial charge in [-0.05, 0) is 79.2 Å². The minimum atomic E-state index is -1.03. The Hall–Kier alpha value is -4.26. The van der Waals surface area contributed by atoms with E-state index in [1.165, 1.54) is 29.2 Å². The Labute approximate surface area is 183 Å². The lowest BCUT2D eigenvalue weighted by Gasteiger charge is -2.19. The lowest BCUT2D eigenvalue weighted by Crippen LogP contribution is -2.32. The van der Waals surface area contributed by atoms with Crippen molar-refractivity contribution >= 4 is 29.5 Å². The van der Waals surface area contributed by atoms with Crippen molar-refractivity contribution in [3.8, 4) is 5.75 Å². The number of aliphatic imine (C=N–C) groups is 1. The summed E-state index contributed by atoms with van der Waals surface area (Å²) in [7, 11) is 0. The van der Waals surface area contributed by atoms with Crippen molar-refractivity contribution in [3.05, 3.63) is 101 Å². The molecule has 1 aliphatic rings. The molecule has 0 fully saturated rings. The van der Waals surface area contributed by atoms with Crippen LogP contribution in [0.1, 0.15) is 28.4 Å². The van der Waals surface area contributed by atoms with Crippen molar-refractivity contribution in [1.29, 1.82) is 0 Å². The van der Waals surface area contributed by atoms with Gasteiger partial charge in [-0.1, -0.05) is 12.1 Å². The third-order valence-electron chi connectivity index (χ3n) is 4.83. The van der Waals surface area contributed by atoms with Gasteiger partial charge in [0.05, 0.1) is 17.9 Å². The molecular formula is C25H19FN2O4. The Morgan fingerprint density at radius 2 is 1.69 bits per heavy atom. The van der Waals surface area contributed by atoms with Crippen LogP contribution in [0, 0.1) is 5.82 Å². The van der Waals surface area contributed by atoms with Gasteiger partial charge in [-0.3, -0.25) is 9.69 Å². The van der Waals surface area contributed by atoms with E-state index in [2.05, 4.69) is 4.99 Å². The summed E-state index contributed by atoms with van der Waals surface area (Å²) in [5, 5.41) is 9.06. The van der Waals surface area contributed by atoms with E-state index in [0.717, 1.165) is 0 Å². The van der Waals surface area contributed by atoms with Gasteiger partial charge in [-0.15, -0.1) is 0 Å². The number of amidine groups is 1. The van der Waals surface area contributed by atoms with E-state index in [1.54, 1.807) is 54.6 Å². The van der Waals surface area contributed by atoms with Crippen LogP contribution in [0.4, 0.5) is 10.1 Å². The molecule has 32 heavy (non-hydrogen) atoms. The van der Waals surface area contributed by atoms with Crippen molar-refractivity contribution in [1.82, 2.24) is 0 Å². The van der Waals surface area contributed by atoms with E-state index in [-0.39, 0.29) is 23.0 Å². The Balaban J connectivity index is 1.74. The normalized spacial score (nSPS) is 14.6. The third-order valence-corrected chi connectivity index (χ3v) is 4.83. The highest BCUT2D eigenvalue weighted by Gasteiger charge is 2.32. The highest BCUT2D eigenvalue weighted by atomic mass is 19.1. The maximum Gasteiger partial charge on any atom is 0.335 e. The number of carbonyl (C=O) groups is 2. The smallest absolute Gasteiger partial charge is 0.335 e. The van der Waals surface area contributed by atoms with Crippen molar-refractivity contribution in [2.75, 3.05) is 11.5 Å². The summed E-state index contributed by atoms with van der Waals surface area (Å²) in [6.07, 6.45) is 1.59. The molecule has 0 aromatic heterocycles. The number of hydrogen-bond donors (Lipinski definition) is 1. The molecule has 1 aliphatic heterocycles. The second-order valence-electron chi connectivity index (χ2n) is 6.97. The van der Waals surface area contributed by atoms with E-state index >= 15 is 0 Å². The van der Waals surface area contributed by atoms with Crippen LogP contribution in [0.3, 0.4) is 0 Å². The minimum Gasteiger partial charge on any atom is -0.494 e. The summed E-state index contributed by atoms with van der Waals surface area (Å²) >= 11 is 0. The Bertz CT molecular complexity index is 1210. The molecular weight excluding hydrogens is 411 g/mol. The average Bonchev–Trinajstić information content (AvgIpc) is 3.11. The molecule has 7 heteroatoms. The van der Waals surface area contributed by atoms with Crippen LogP contribution in [0.15, 0.2) is 83.5 Å². The van der Waals surface area contributed by atoms with Gasteiger partial charge in [-0.25, -0.2) is 14.2 Å². The zero-order chi connectivity index (χ0) is 22.7. The predicted molar refractivity (Wildman–Crippen MR) is 119 cm³/mol. The van der Waals surface area contributed by atoms with Crippen LogP contribution in [-0.4, -0.2) is 29.4 Å². The van der Waals surface area contributed by atoms with E-state index in [4.69, 9.17) is 9.84 Å². The lowest BCUT2D eigenvalue weighted by molar-refractivity contribution is -0.113. The van der Waals surface area contributed by atoms with Crippen LogP contribution in [0.5, 0.6) is 5.75 Å². The topological polar surface area (TPSA) is 79.2 Å². The number of carboxylic acids is 1. The average molecular weight is 430 g/mol. The number of ether oxygens (including phenoxy) is 1. The predicted octanol–water partition coefficient (Wildman–Crippen LogP) is 4.76. The molecule has 4 rings (SSSR count). The first-order chi connectivity index (χ1) is 15.5. The molecule has 1 heterocycles. The monoisotopic (exact) mass is 430 g/mol. The second-order valence-corrected chi connectivity index (χ2v) is 6.97. The standard InChI is InChI=1S/C25H19FN2O4/c1-2-32-21-13-11-20(12-14-21)28-23(17-7-9-19(26)10-8-17)27-22(24(28)29)15-16-3-5-18(6-4-16)25(30)31/h3-15H,2H2,1H3,(H,30,31)/b22-15+. The van der Waals surface area contributed by atoms with Gasteiger partial charge in [0.2, 0.25) is 0 Å². The molecule has 0 atom stereocenters. The number of carbonyl (C=O) groups excluding carboxylic acids is 1. The van der Waals surface area contributed by atoms with Gasteiger partial charge in [0, 0.05) is 5.56 Å². The fourth-order valence-electron chi connectivity index (χ4n) is 3.29. The number of nitrogens with zero attached hydrogens (tertiary/aromatic N) is 2. The molecule has 1 N–H and O–H groups in total. The van der Waals surface area contributed by atoms with Gasteiger partial charge in [-0.2, -0.15) is 0 Å². The molecule has 0 bridgehead atoms. The van der Waals surface area contributed by atoms with Crippen LogP contribution in [0.25, 0.3) is 6.08 Å². The van der Waals surface area contributed by atoms with Gasteiger partial charge in [0.25, 0.3) is 5.91 Å². The number of carboxylic acid groups (broad SMARTS) is 1. The molecule has 3 aromatic carbocycles. The molecule has 0 saturated carbocycles. The SMILES string of the molecule is CCOc1ccc(N2C(=O)/C(=C\c3ccc(C(=O)O)cc3)N=C2c2ccc(F)cc2)cc1. The number of rotatable bonds is 6. The summed E-state index contributed by atoms with van der Waals surface area (Å²) in [5.41, 5.74) is 2.14. The first-order valence-electron chi connectivity index (χ1n) is 9.93. The number of aromatic carboxylic acids is 1. The highest BCUT2D eigenvalue weighted by molar-refractivity contribution is 6.33. The van der Waals surface area contributed by atoms with E-state index in [9.17, 15) is 14.0 Å². The van der Waals surface area contributed by atoms with Crippen LogP contribution >= 0.6 is 0 Å². The second kappa shape index (κ2) is 8.85. The van der Waals surface area contributed by atoms with Gasteiger partial charge in [0.15, 0.2) is 0 Å². The fraction of sp³-hybridized carbons (Fsp3) is 0.0800. The maximum absolute atomic E-state index is 13.5. The van der Waals surface area contributed by atoms with Gasteiger partial charge in [0.1, 0.15) is 23.1 Å². The number of halogens is 1. The van der Waals surface area contributed by atoms with E-state index in [1.807, 2.05) is 6.92 Å². The number of benzene rings is 3. The number of hydrogen-bond acceptors (Lipinski definition) is 4. The molecule has 160 valence electrons. The minimum absolute atomic E-state index is 0.149. The Kier molecular flexibility index (Phi) is 5.81. The Morgan fingerprint density at radius 3 is 2.28 bits per heavy atom. The molecule has 0 saturated heterocycles. The molecule has 0 spiro atoms. The molecule has 0 aliphatic carbocycles. The first-order valence-corrected chi connectivity index (χ1v) is 9.93. The summed E-state index contributed by atoms with van der Waals surface area (Å²) in [6.45, 7) is 2.41. The zero-order valence-corrected chi connectivity index (χ0v) is 17.2. The Morgan fingerprint density at radius 1 is 1.03 bits per heavy atom. The number of amides is 1. The van der Waals surface area contributed by atoms with Gasteiger partial charge >= 0.3 is 5.97 Å². The van der Waals surface area contributed by atoms with Crippen molar-refractivity contribution in [3.63, 3.8) is 0 Å². The molecule has 0 unspecified atom stereocenters. The molecule has 0 radical (unpaired) electrons. The van der Waals surface area contributed by atoms with E-state index < -0.39 is 5.97 Å². The van der Waals surface area contributed by atoms with E-state index in [0.29, 0.717) is 35.0 Å². The maximum atomic E-state index is 13.5. The van der Waals surface area contributed by atoms with Crippen LogP contribution in [-0.2, 0) is 4.79 Å². The van der Waals surface area contributed by atoms with Crippen LogP contribution in [0.2, 0.25) is 0 Å². The largest absolute Gasteiger partial charge is 0.494 e. The quantitative estimate of drug-likeness (QED) is 0.572. The molecule has 3 aromatic rings. The molecule has 1 amide bonds. The summed E-state index contributed by atoms with van der Waals surface area (Å²) in [4.78, 5) is 30.3. The summed E-state index contributed by atoms with van der Waals surface area (Å²) in [6, 6.07) is 18.9. The third kappa shape index (κ3) is 4.27. The summed E-state index contributed by atoms with van der Waals surface area (Å²) in [5.74, 6) is -0.721. The summed E-state index contributed by atoms with van der Waals surface area (Å²) < 4.78 is 18.9. The first kappa shape index (κ1) is 21.0. The van der Waals surface area contributed by atoms with Gasteiger partial charge < -0.3 is 9.84 Å². The lowest BCUT2D eigenvalue weighted by atomic mass is 10.1. The fourth-order valence-corrected chi connectivity index (χ4v) is 3.29. The van der Waals surface area contributed by atoms with Crippen molar-refractivity contribution < 1.29 is 23.8 Å². The zero-order valence-electron chi connectivity index (χ0n) is 17.2. The van der Waals surface area contributed by atoms with Crippen molar-refractivity contribution in [2.45, 2.75) is 6.92 Å². The number of anilines is 1. The van der Waals surface area contributed by atoms with Crippen molar-refractivity contribution in [2.24, 2.45) is 4.99 Å². The highest BCUT2D eigenvalue weighted by Crippen LogP contribution is 2.29. The molecule has 6 nitrogen and oxygen atoms in total.